The molecule has 0 saturated carbocycles. The van der Waals surface area contributed by atoms with Crippen molar-refractivity contribution in [3.63, 3.8) is 0 Å². The minimum atomic E-state index is 0.800. The molecule has 1 aromatic heterocycles. The first-order valence-corrected chi connectivity index (χ1v) is 7.41. The summed E-state index contributed by atoms with van der Waals surface area (Å²) in [5.74, 6) is 0. The number of fused-ring (bicyclic) bond motifs is 1. The van der Waals surface area contributed by atoms with Crippen molar-refractivity contribution in [3.05, 3.63) is 29.6 Å². The Morgan fingerprint density at radius 2 is 2.16 bits per heavy atom. The summed E-state index contributed by atoms with van der Waals surface area (Å²) >= 11 is 0. The fourth-order valence-electron chi connectivity index (χ4n) is 3.33. The summed E-state index contributed by atoms with van der Waals surface area (Å²) in [7, 11) is 1.97. The monoisotopic (exact) mass is 260 g/mol. The van der Waals surface area contributed by atoms with Gasteiger partial charge in [-0.2, -0.15) is 0 Å². The van der Waals surface area contributed by atoms with Crippen LogP contribution in [0.2, 0.25) is 0 Å². The van der Waals surface area contributed by atoms with Crippen LogP contribution < -0.4 is 5.32 Å². The molecule has 4 nitrogen and oxygen atoms in total. The molecule has 2 aliphatic rings. The lowest BCUT2D eigenvalue weighted by Crippen LogP contribution is -2.49. The molecule has 104 valence electrons. The second-order valence-electron chi connectivity index (χ2n) is 5.72. The summed E-state index contributed by atoms with van der Waals surface area (Å²) in [5, 5.41) is 3.16. The fraction of sp³-hybridized carbons (Fsp3) is 0.667. The minimum Gasteiger partial charge on any atom is -0.314 e. The van der Waals surface area contributed by atoms with Gasteiger partial charge >= 0.3 is 0 Å². The molecule has 0 spiro atoms. The molecule has 0 radical (unpaired) electrons. The van der Waals surface area contributed by atoms with Crippen LogP contribution in [0.5, 0.6) is 0 Å². The quantitative estimate of drug-likeness (QED) is 0.878. The third-order valence-electron chi connectivity index (χ3n) is 4.28. The van der Waals surface area contributed by atoms with Gasteiger partial charge in [-0.05, 0) is 38.6 Å². The number of nitrogens with zero attached hydrogens (tertiary/aromatic N) is 3. The zero-order chi connectivity index (χ0) is 13.1. The normalized spacial score (nSPS) is 24.6. The average molecular weight is 260 g/mol. The zero-order valence-electron chi connectivity index (χ0n) is 11.8. The van der Waals surface area contributed by atoms with Gasteiger partial charge in [-0.3, -0.25) is 14.8 Å². The van der Waals surface area contributed by atoms with Crippen LogP contribution in [0.4, 0.5) is 0 Å². The minimum absolute atomic E-state index is 0.800. The lowest BCUT2D eigenvalue weighted by Gasteiger charge is -2.37. The number of nitrogens with one attached hydrogen (secondary N) is 1. The van der Waals surface area contributed by atoms with Crippen molar-refractivity contribution >= 4 is 0 Å². The first kappa shape index (κ1) is 13.0. The highest BCUT2D eigenvalue weighted by Crippen LogP contribution is 2.22. The highest BCUT2D eigenvalue weighted by Gasteiger charge is 2.30. The van der Waals surface area contributed by atoms with E-state index in [2.05, 4.69) is 33.3 Å². The standard InChI is InChI=1S/C15H24N4/c1-16-10-13-4-2-5-14(17-13)11-18-8-9-19-7-3-6-15(19)12-18/h2,4-5,15-16H,3,6-12H2,1H3. The van der Waals surface area contributed by atoms with Crippen molar-refractivity contribution in [3.8, 4) is 0 Å². The number of piperazine rings is 1. The molecule has 0 bridgehead atoms. The van der Waals surface area contributed by atoms with E-state index in [1.54, 1.807) is 0 Å². The predicted molar refractivity (Wildman–Crippen MR) is 76.9 cm³/mol. The highest BCUT2D eigenvalue weighted by molar-refractivity contribution is 5.11. The zero-order valence-corrected chi connectivity index (χ0v) is 11.8. The van der Waals surface area contributed by atoms with Crippen LogP contribution in [-0.2, 0) is 13.1 Å². The molecule has 4 heteroatoms. The lowest BCUT2D eigenvalue weighted by atomic mass is 10.1. The van der Waals surface area contributed by atoms with Crippen LogP contribution in [0.25, 0.3) is 0 Å². The van der Waals surface area contributed by atoms with Gasteiger partial charge in [0.25, 0.3) is 0 Å². The molecule has 19 heavy (non-hydrogen) atoms. The molecule has 0 amide bonds. The molecule has 2 saturated heterocycles. The Kier molecular flexibility index (Phi) is 4.11. The molecule has 1 aromatic rings. The van der Waals surface area contributed by atoms with E-state index in [1.807, 2.05) is 7.05 Å². The lowest BCUT2D eigenvalue weighted by molar-refractivity contribution is 0.0984. The van der Waals surface area contributed by atoms with Crippen molar-refractivity contribution in [2.24, 2.45) is 0 Å². The Balaban J connectivity index is 1.60. The third-order valence-corrected chi connectivity index (χ3v) is 4.28. The van der Waals surface area contributed by atoms with Gasteiger partial charge in [0.15, 0.2) is 0 Å². The number of hydrogen-bond donors (Lipinski definition) is 1. The number of pyridine rings is 1. The van der Waals surface area contributed by atoms with Gasteiger partial charge < -0.3 is 5.32 Å². The Morgan fingerprint density at radius 1 is 1.26 bits per heavy atom. The summed E-state index contributed by atoms with van der Waals surface area (Å²) in [6.07, 6.45) is 2.76. The third kappa shape index (κ3) is 3.14. The van der Waals surface area contributed by atoms with E-state index >= 15 is 0 Å². The molecular weight excluding hydrogens is 236 g/mol. The van der Waals surface area contributed by atoms with Gasteiger partial charge in [0.1, 0.15) is 0 Å². The average Bonchev–Trinajstić information content (AvgIpc) is 2.87. The van der Waals surface area contributed by atoms with Crippen LogP contribution in [0.3, 0.4) is 0 Å². The summed E-state index contributed by atoms with van der Waals surface area (Å²) in [4.78, 5) is 9.95. The summed E-state index contributed by atoms with van der Waals surface area (Å²) in [6.45, 7) is 6.81. The fourth-order valence-corrected chi connectivity index (χ4v) is 3.33. The van der Waals surface area contributed by atoms with Gasteiger partial charge in [0.05, 0.1) is 11.4 Å². The topological polar surface area (TPSA) is 31.4 Å². The molecular formula is C15H24N4. The van der Waals surface area contributed by atoms with Gasteiger partial charge in [-0.25, -0.2) is 0 Å². The van der Waals surface area contributed by atoms with E-state index in [-0.39, 0.29) is 0 Å². The van der Waals surface area contributed by atoms with Crippen molar-refractivity contribution < 1.29 is 0 Å². The molecule has 3 heterocycles. The number of rotatable bonds is 4. The summed E-state index contributed by atoms with van der Waals surface area (Å²) in [5.41, 5.74) is 2.35. The molecule has 0 aromatic carbocycles. The Labute approximate surface area is 115 Å². The van der Waals surface area contributed by atoms with Crippen LogP contribution in [0.1, 0.15) is 24.2 Å². The van der Waals surface area contributed by atoms with Gasteiger partial charge in [-0.1, -0.05) is 6.07 Å². The van der Waals surface area contributed by atoms with Crippen molar-refractivity contribution in [2.75, 3.05) is 33.2 Å². The molecule has 1 unspecified atom stereocenters. The molecule has 3 rings (SSSR count). The maximum Gasteiger partial charge on any atom is 0.0547 e. The Hall–Kier alpha value is -0.970. The van der Waals surface area contributed by atoms with Crippen LogP contribution >= 0.6 is 0 Å². The highest BCUT2D eigenvalue weighted by atomic mass is 15.3. The van der Waals surface area contributed by atoms with E-state index < -0.39 is 0 Å². The summed E-state index contributed by atoms with van der Waals surface area (Å²) in [6, 6.07) is 7.17. The van der Waals surface area contributed by atoms with E-state index in [9.17, 15) is 0 Å². The molecule has 0 aliphatic carbocycles. The maximum atomic E-state index is 4.72. The smallest absolute Gasteiger partial charge is 0.0547 e. The first-order valence-electron chi connectivity index (χ1n) is 7.41. The van der Waals surface area contributed by atoms with Crippen molar-refractivity contribution in [1.82, 2.24) is 20.1 Å². The second kappa shape index (κ2) is 5.99. The maximum absolute atomic E-state index is 4.72. The van der Waals surface area contributed by atoms with E-state index in [4.69, 9.17) is 4.98 Å². The van der Waals surface area contributed by atoms with E-state index in [1.165, 1.54) is 44.7 Å². The van der Waals surface area contributed by atoms with Crippen molar-refractivity contribution in [2.45, 2.75) is 32.0 Å². The van der Waals surface area contributed by atoms with Crippen LogP contribution in [-0.4, -0.2) is 54.1 Å². The van der Waals surface area contributed by atoms with Crippen LogP contribution in [0.15, 0.2) is 18.2 Å². The Morgan fingerprint density at radius 3 is 3.05 bits per heavy atom. The largest absolute Gasteiger partial charge is 0.314 e. The molecule has 1 N–H and O–H groups in total. The second-order valence-corrected chi connectivity index (χ2v) is 5.72. The number of aromatic nitrogens is 1. The molecule has 2 fully saturated rings. The van der Waals surface area contributed by atoms with Crippen LogP contribution in [0, 0.1) is 0 Å². The van der Waals surface area contributed by atoms with Crippen molar-refractivity contribution in [1.29, 1.82) is 0 Å². The van der Waals surface area contributed by atoms with Gasteiger partial charge in [0, 0.05) is 38.8 Å². The Bertz CT molecular complexity index is 420. The van der Waals surface area contributed by atoms with E-state index in [0.29, 0.717) is 0 Å². The summed E-state index contributed by atoms with van der Waals surface area (Å²) < 4.78 is 0. The van der Waals surface area contributed by atoms with Gasteiger partial charge in [-0.15, -0.1) is 0 Å². The SMILES string of the molecule is CNCc1cccc(CN2CCN3CCCC3C2)n1. The molecule has 2 aliphatic heterocycles. The first-order chi connectivity index (χ1) is 9.35. The van der Waals surface area contributed by atoms with E-state index in [0.717, 1.165) is 24.8 Å². The number of hydrogen-bond acceptors (Lipinski definition) is 4. The molecule has 1 atom stereocenters. The van der Waals surface area contributed by atoms with Gasteiger partial charge in [0.2, 0.25) is 0 Å². The predicted octanol–water partition coefficient (Wildman–Crippen LogP) is 1.08.